The summed E-state index contributed by atoms with van der Waals surface area (Å²) in [6, 6.07) is 8.98. The van der Waals surface area contributed by atoms with Crippen LogP contribution < -0.4 is 0 Å². The summed E-state index contributed by atoms with van der Waals surface area (Å²) in [5, 5.41) is 0. The summed E-state index contributed by atoms with van der Waals surface area (Å²) < 4.78 is 6.23. The third kappa shape index (κ3) is 8.41. The lowest BCUT2D eigenvalue weighted by atomic mass is 9.77. The Morgan fingerprint density at radius 1 is 1.11 bits per heavy atom. The van der Waals surface area contributed by atoms with Crippen LogP contribution in [-0.2, 0) is 14.3 Å². The first-order chi connectivity index (χ1) is 18.4. The summed E-state index contributed by atoms with van der Waals surface area (Å²) in [6.45, 7) is 9.09. The summed E-state index contributed by atoms with van der Waals surface area (Å²) >= 11 is 0. The van der Waals surface area contributed by atoms with Gasteiger partial charge >= 0.3 is 0 Å². The standard InChI is InChI=1S/C34H53NO3/c1-4-10-27(22-28-16-17-34(18-19-34)38-25-28)23-33(37)35-20-9-13-30(24-35)32(15-7-6-14-31(36)5-2)29-12-8-11-26(3)21-29/h8,11-12,21,27-28,30,32H,4-7,9-10,13-20,22-25H2,1-3H3. The van der Waals surface area contributed by atoms with Gasteiger partial charge in [0, 0.05) is 32.4 Å². The minimum Gasteiger partial charge on any atom is -0.375 e. The normalized spacial score (nSPS) is 24.2. The Morgan fingerprint density at radius 2 is 1.95 bits per heavy atom. The van der Waals surface area contributed by atoms with Gasteiger partial charge in [0.05, 0.1) is 12.2 Å². The first kappa shape index (κ1) is 29.3. The lowest BCUT2D eigenvalue weighted by molar-refractivity contribution is -0.134. The molecule has 1 amide bonds. The molecule has 2 aliphatic heterocycles. The van der Waals surface area contributed by atoms with Gasteiger partial charge in [-0.25, -0.2) is 0 Å². The van der Waals surface area contributed by atoms with E-state index in [-0.39, 0.29) is 5.60 Å². The molecule has 1 aliphatic carbocycles. The number of likely N-dealkylation sites (tertiary alicyclic amines) is 1. The largest absolute Gasteiger partial charge is 0.375 e. The number of carbonyl (C=O) groups is 2. The molecular weight excluding hydrogens is 470 g/mol. The lowest BCUT2D eigenvalue weighted by Gasteiger charge is -2.38. The zero-order valence-electron chi connectivity index (χ0n) is 24.5. The fourth-order valence-electron chi connectivity index (χ4n) is 7.20. The van der Waals surface area contributed by atoms with Gasteiger partial charge in [-0.15, -0.1) is 0 Å². The molecule has 4 rings (SSSR count). The van der Waals surface area contributed by atoms with Gasteiger partial charge in [-0.05, 0) is 93.9 Å². The van der Waals surface area contributed by atoms with Crippen molar-refractivity contribution in [1.29, 1.82) is 0 Å². The second-order valence-electron chi connectivity index (χ2n) is 12.9. The van der Waals surface area contributed by atoms with Gasteiger partial charge < -0.3 is 9.64 Å². The van der Waals surface area contributed by atoms with Gasteiger partial charge in [0.1, 0.15) is 5.78 Å². The van der Waals surface area contributed by atoms with Gasteiger partial charge in [-0.3, -0.25) is 9.59 Å². The summed E-state index contributed by atoms with van der Waals surface area (Å²) in [6.07, 6.45) is 16.0. The predicted octanol–water partition coefficient (Wildman–Crippen LogP) is 8.01. The van der Waals surface area contributed by atoms with Gasteiger partial charge in [0.15, 0.2) is 0 Å². The van der Waals surface area contributed by atoms with Crippen LogP contribution in [0, 0.1) is 24.7 Å². The highest BCUT2D eigenvalue weighted by Crippen LogP contribution is 2.48. The Balaban J connectivity index is 1.34. The van der Waals surface area contributed by atoms with E-state index in [9.17, 15) is 9.59 Å². The zero-order chi connectivity index (χ0) is 27.0. The molecule has 1 aromatic carbocycles. The van der Waals surface area contributed by atoms with E-state index in [0.717, 1.165) is 64.6 Å². The van der Waals surface area contributed by atoms with Gasteiger partial charge in [0.25, 0.3) is 0 Å². The Morgan fingerprint density at radius 3 is 2.63 bits per heavy atom. The molecule has 4 atom stereocenters. The molecule has 1 spiro atoms. The number of unbranched alkanes of at least 4 members (excludes halogenated alkanes) is 1. The minimum absolute atomic E-state index is 0.259. The molecule has 4 unspecified atom stereocenters. The van der Waals surface area contributed by atoms with Crippen LogP contribution in [0.5, 0.6) is 0 Å². The van der Waals surface area contributed by atoms with Crippen molar-refractivity contribution in [3.63, 3.8) is 0 Å². The van der Waals surface area contributed by atoms with Crippen LogP contribution >= 0.6 is 0 Å². The predicted molar refractivity (Wildman–Crippen MR) is 155 cm³/mol. The second kappa shape index (κ2) is 14.1. The average Bonchev–Trinajstić information content (AvgIpc) is 3.69. The van der Waals surface area contributed by atoms with Crippen LogP contribution in [0.2, 0.25) is 0 Å². The van der Waals surface area contributed by atoms with E-state index in [1.807, 2.05) is 6.92 Å². The number of piperidine rings is 1. The molecular formula is C34H53NO3. The third-order valence-electron chi connectivity index (χ3n) is 9.73. The number of nitrogens with zero attached hydrogens (tertiary/aromatic N) is 1. The quantitative estimate of drug-likeness (QED) is 0.232. The fraction of sp³-hybridized carbons (Fsp3) is 0.765. The molecule has 2 heterocycles. The molecule has 4 nitrogen and oxygen atoms in total. The number of aryl methyl sites for hydroxylation is 1. The van der Waals surface area contributed by atoms with E-state index >= 15 is 0 Å². The van der Waals surface area contributed by atoms with Crippen molar-refractivity contribution in [1.82, 2.24) is 4.90 Å². The van der Waals surface area contributed by atoms with Crippen LogP contribution in [0.25, 0.3) is 0 Å². The molecule has 3 aliphatic rings. The third-order valence-corrected chi connectivity index (χ3v) is 9.73. The summed E-state index contributed by atoms with van der Waals surface area (Å²) in [4.78, 5) is 27.7. The van der Waals surface area contributed by atoms with Gasteiger partial charge in [0.2, 0.25) is 5.91 Å². The highest BCUT2D eigenvalue weighted by Gasteiger charge is 2.46. The van der Waals surface area contributed by atoms with E-state index in [1.165, 1.54) is 43.2 Å². The molecule has 0 bridgehead atoms. The van der Waals surface area contributed by atoms with Crippen LogP contribution in [0.15, 0.2) is 24.3 Å². The SMILES string of the molecule is CCCC(CC(=O)N1CCCC(C(CCCCC(=O)CC)c2cccc(C)c2)C1)CC1CCC2(CC2)OC1. The smallest absolute Gasteiger partial charge is 0.222 e. The van der Waals surface area contributed by atoms with E-state index in [1.54, 1.807) is 0 Å². The Hall–Kier alpha value is -1.68. The topological polar surface area (TPSA) is 46.6 Å². The number of benzene rings is 1. The number of hydrogen-bond acceptors (Lipinski definition) is 3. The average molecular weight is 524 g/mol. The molecule has 3 fully saturated rings. The van der Waals surface area contributed by atoms with Crippen molar-refractivity contribution in [2.45, 2.75) is 129 Å². The molecule has 0 radical (unpaired) electrons. The molecule has 1 saturated carbocycles. The molecule has 2 saturated heterocycles. The number of ether oxygens (including phenoxy) is 1. The highest BCUT2D eigenvalue weighted by atomic mass is 16.5. The molecule has 38 heavy (non-hydrogen) atoms. The number of carbonyl (C=O) groups excluding carboxylic acids is 2. The Bertz CT molecular complexity index is 897. The monoisotopic (exact) mass is 523 g/mol. The number of amides is 1. The highest BCUT2D eigenvalue weighted by molar-refractivity contribution is 5.78. The van der Waals surface area contributed by atoms with E-state index < -0.39 is 0 Å². The number of hydrogen-bond donors (Lipinski definition) is 0. The second-order valence-corrected chi connectivity index (χ2v) is 12.9. The first-order valence-electron chi connectivity index (χ1n) is 15.9. The molecule has 1 aromatic rings. The van der Waals surface area contributed by atoms with Gasteiger partial charge in [-0.1, -0.05) is 62.9 Å². The summed E-state index contributed by atoms with van der Waals surface area (Å²) in [5.74, 6) is 2.83. The maximum Gasteiger partial charge on any atom is 0.222 e. The van der Waals surface area contributed by atoms with Crippen molar-refractivity contribution >= 4 is 11.7 Å². The van der Waals surface area contributed by atoms with Gasteiger partial charge in [-0.2, -0.15) is 0 Å². The molecule has 212 valence electrons. The van der Waals surface area contributed by atoms with Crippen LogP contribution in [-0.4, -0.2) is 41.9 Å². The first-order valence-corrected chi connectivity index (χ1v) is 15.9. The maximum absolute atomic E-state index is 13.6. The van der Waals surface area contributed by atoms with Crippen molar-refractivity contribution in [2.24, 2.45) is 17.8 Å². The van der Waals surface area contributed by atoms with E-state index in [0.29, 0.717) is 54.6 Å². The van der Waals surface area contributed by atoms with Crippen LogP contribution in [0.1, 0.15) is 127 Å². The van der Waals surface area contributed by atoms with E-state index in [4.69, 9.17) is 4.74 Å². The lowest BCUT2D eigenvalue weighted by Crippen LogP contribution is -2.42. The number of rotatable bonds is 14. The molecule has 0 N–H and O–H groups in total. The van der Waals surface area contributed by atoms with Crippen molar-refractivity contribution < 1.29 is 14.3 Å². The minimum atomic E-state index is 0.259. The summed E-state index contributed by atoms with van der Waals surface area (Å²) in [5.41, 5.74) is 2.98. The molecule has 0 aromatic heterocycles. The van der Waals surface area contributed by atoms with Crippen molar-refractivity contribution in [2.75, 3.05) is 19.7 Å². The van der Waals surface area contributed by atoms with Crippen LogP contribution in [0.4, 0.5) is 0 Å². The maximum atomic E-state index is 13.6. The zero-order valence-corrected chi connectivity index (χ0v) is 24.5. The Labute approximate surface area is 232 Å². The van der Waals surface area contributed by atoms with Crippen molar-refractivity contribution in [3.8, 4) is 0 Å². The summed E-state index contributed by atoms with van der Waals surface area (Å²) in [7, 11) is 0. The molecule has 4 heteroatoms. The number of Topliss-reactive ketones (excluding diaryl/α,β-unsaturated/α-hetero) is 1. The van der Waals surface area contributed by atoms with Crippen LogP contribution in [0.3, 0.4) is 0 Å². The Kier molecular flexibility index (Phi) is 10.9. The fourth-order valence-corrected chi connectivity index (χ4v) is 7.20. The number of ketones is 1. The van der Waals surface area contributed by atoms with Crippen molar-refractivity contribution in [3.05, 3.63) is 35.4 Å². The van der Waals surface area contributed by atoms with E-state index in [2.05, 4.69) is 43.0 Å².